The highest BCUT2D eigenvalue weighted by molar-refractivity contribution is 5.94. The number of nitrogens with zero attached hydrogens (tertiary/aromatic N) is 1. The zero-order valence-corrected chi connectivity index (χ0v) is 25.9. The number of aliphatic hydroxyl groups is 1. The van der Waals surface area contributed by atoms with E-state index in [1.54, 1.807) is 20.8 Å². The predicted molar refractivity (Wildman–Crippen MR) is 154 cm³/mol. The first kappa shape index (κ1) is 32.8. The van der Waals surface area contributed by atoms with Gasteiger partial charge in [-0.15, -0.1) is 0 Å². The SMILES string of the molecule is CC(=O)C(O)C(CC1CCC1)NC(=O)[C@@H]1C2C(CN1C(=O)[C@H](CCC(=O)C=C(C)C)NC(=O)OC(C)(C)C)C2(C)C. The molecule has 2 saturated carbocycles. The van der Waals surface area contributed by atoms with Crippen LogP contribution >= 0.6 is 0 Å². The quantitative estimate of drug-likeness (QED) is 0.303. The fourth-order valence-corrected chi connectivity index (χ4v) is 6.31. The first-order valence-corrected chi connectivity index (χ1v) is 14.9. The maximum Gasteiger partial charge on any atom is 0.408 e. The van der Waals surface area contributed by atoms with Crippen LogP contribution in [0.25, 0.3) is 0 Å². The minimum Gasteiger partial charge on any atom is -0.444 e. The number of piperidine rings is 1. The summed E-state index contributed by atoms with van der Waals surface area (Å²) in [5.41, 5.74) is -0.111. The maximum absolute atomic E-state index is 14.0. The summed E-state index contributed by atoms with van der Waals surface area (Å²) < 4.78 is 5.39. The molecule has 10 heteroatoms. The molecule has 230 valence electrons. The van der Waals surface area contributed by atoms with E-state index in [1.807, 2.05) is 13.8 Å². The maximum atomic E-state index is 14.0. The average Bonchev–Trinajstić information content (AvgIpc) is 3.13. The van der Waals surface area contributed by atoms with Crippen molar-refractivity contribution in [3.63, 3.8) is 0 Å². The third-order valence-corrected chi connectivity index (χ3v) is 8.82. The van der Waals surface area contributed by atoms with E-state index >= 15 is 0 Å². The topological polar surface area (TPSA) is 142 Å². The number of hydrogen-bond donors (Lipinski definition) is 3. The third kappa shape index (κ3) is 8.17. The number of carbonyl (C=O) groups is 5. The highest BCUT2D eigenvalue weighted by Crippen LogP contribution is 2.65. The van der Waals surface area contributed by atoms with Gasteiger partial charge in [0.25, 0.3) is 0 Å². The number of likely N-dealkylation sites (tertiary alicyclic amines) is 1. The number of alkyl carbamates (subject to hydrolysis) is 1. The summed E-state index contributed by atoms with van der Waals surface area (Å²) in [7, 11) is 0. The zero-order chi connectivity index (χ0) is 30.9. The molecule has 0 spiro atoms. The van der Waals surface area contributed by atoms with Crippen molar-refractivity contribution in [3.8, 4) is 0 Å². The van der Waals surface area contributed by atoms with Crippen LogP contribution in [-0.2, 0) is 23.9 Å². The monoisotopic (exact) mass is 575 g/mol. The molecule has 3 aliphatic rings. The number of aliphatic hydroxyl groups excluding tert-OH is 1. The van der Waals surface area contributed by atoms with E-state index in [4.69, 9.17) is 4.74 Å². The Labute approximate surface area is 244 Å². The van der Waals surface area contributed by atoms with Crippen LogP contribution in [0, 0.1) is 23.2 Å². The van der Waals surface area contributed by atoms with E-state index in [2.05, 4.69) is 24.5 Å². The number of ketones is 2. The Bertz CT molecular complexity index is 1070. The molecule has 0 radical (unpaired) electrons. The second kappa shape index (κ2) is 12.6. The first-order valence-electron chi connectivity index (χ1n) is 14.9. The van der Waals surface area contributed by atoms with Crippen molar-refractivity contribution in [2.75, 3.05) is 6.54 Å². The van der Waals surface area contributed by atoms with Gasteiger partial charge in [-0.1, -0.05) is 38.7 Å². The molecule has 1 saturated heterocycles. The molecule has 3 N–H and O–H groups in total. The van der Waals surface area contributed by atoms with Gasteiger partial charge < -0.3 is 25.4 Å². The zero-order valence-electron chi connectivity index (χ0n) is 25.9. The van der Waals surface area contributed by atoms with Crippen molar-refractivity contribution < 1.29 is 33.8 Å². The number of nitrogens with one attached hydrogen (secondary N) is 2. The van der Waals surface area contributed by atoms with Crippen molar-refractivity contribution >= 4 is 29.5 Å². The number of carbonyl (C=O) groups excluding carboxylic acids is 5. The van der Waals surface area contributed by atoms with Gasteiger partial charge >= 0.3 is 6.09 Å². The third-order valence-electron chi connectivity index (χ3n) is 8.82. The fourth-order valence-electron chi connectivity index (χ4n) is 6.31. The minimum atomic E-state index is -1.32. The van der Waals surface area contributed by atoms with Crippen LogP contribution in [-0.4, -0.2) is 75.9 Å². The van der Waals surface area contributed by atoms with Crippen molar-refractivity contribution in [1.29, 1.82) is 0 Å². The van der Waals surface area contributed by atoms with E-state index in [0.29, 0.717) is 18.9 Å². The molecular formula is C31H49N3O7. The van der Waals surface area contributed by atoms with Crippen LogP contribution in [0.4, 0.5) is 4.79 Å². The smallest absolute Gasteiger partial charge is 0.408 e. The lowest BCUT2D eigenvalue weighted by molar-refractivity contribution is -0.143. The highest BCUT2D eigenvalue weighted by Gasteiger charge is 2.69. The second-order valence-corrected chi connectivity index (χ2v) is 14.0. The van der Waals surface area contributed by atoms with Crippen LogP contribution in [0.1, 0.15) is 93.9 Å². The second-order valence-electron chi connectivity index (χ2n) is 14.0. The number of Topliss-reactive ketones (excluding diaryl/α,β-unsaturated/α-hetero) is 1. The predicted octanol–water partition coefficient (Wildman–Crippen LogP) is 3.30. The first-order chi connectivity index (χ1) is 18.9. The molecule has 3 fully saturated rings. The van der Waals surface area contributed by atoms with Gasteiger partial charge in [-0.25, -0.2) is 4.79 Å². The molecule has 1 heterocycles. The van der Waals surface area contributed by atoms with Gasteiger partial charge in [0.1, 0.15) is 23.8 Å². The summed E-state index contributed by atoms with van der Waals surface area (Å²) in [6.07, 6.45) is 3.07. The molecule has 3 rings (SSSR count). The summed E-state index contributed by atoms with van der Waals surface area (Å²) in [5, 5.41) is 16.2. The van der Waals surface area contributed by atoms with E-state index in [0.717, 1.165) is 24.8 Å². The molecular weight excluding hydrogens is 526 g/mol. The van der Waals surface area contributed by atoms with Crippen molar-refractivity contribution in [2.45, 2.75) is 124 Å². The molecule has 41 heavy (non-hydrogen) atoms. The summed E-state index contributed by atoms with van der Waals surface area (Å²) in [6, 6.07) is -2.62. The molecule has 0 aromatic rings. The summed E-state index contributed by atoms with van der Waals surface area (Å²) in [5.74, 6) is -1.10. The van der Waals surface area contributed by atoms with E-state index < -0.39 is 53.5 Å². The van der Waals surface area contributed by atoms with Crippen molar-refractivity contribution in [3.05, 3.63) is 11.6 Å². The minimum absolute atomic E-state index is 0.0364. The van der Waals surface area contributed by atoms with Gasteiger partial charge in [0, 0.05) is 13.0 Å². The van der Waals surface area contributed by atoms with Crippen LogP contribution in [0.3, 0.4) is 0 Å². The molecule has 4 unspecified atom stereocenters. The molecule has 1 aliphatic heterocycles. The average molecular weight is 576 g/mol. The fraction of sp³-hybridized carbons (Fsp3) is 0.774. The van der Waals surface area contributed by atoms with E-state index in [-0.39, 0.29) is 35.9 Å². The molecule has 0 aromatic heterocycles. The lowest BCUT2D eigenvalue weighted by atomic mass is 9.79. The number of ether oxygens (including phenoxy) is 1. The van der Waals surface area contributed by atoms with Crippen LogP contribution < -0.4 is 10.6 Å². The molecule has 10 nitrogen and oxygen atoms in total. The Morgan fingerprint density at radius 1 is 1.07 bits per heavy atom. The largest absolute Gasteiger partial charge is 0.444 e. The Hall–Kier alpha value is -2.75. The summed E-state index contributed by atoms with van der Waals surface area (Å²) in [4.78, 5) is 66.5. The molecule has 2 aliphatic carbocycles. The Kier molecular flexibility index (Phi) is 10.1. The van der Waals surface area contributed by atoms with Gasteiger partial charge in [-0.2, -0.15) is 0 Å². The van der Waals surface area contributed by atoms with Gasteiger partial charge in [-0.3, -0.25) is 19.2 Å². The van der Waals surface area contributed by atoms with Gasteiger partial charge in [0.2, 0.25) is 11.8 Å². The number of allylic oxidation sites excluding steroid dienone is 2. The van der Waals surface area contributed by atoms with Gasteiger partial charge in [0.15, 0.2) is 11.6 Å². The van der Waals surface area contributed by atoms with Crippen molar-refractivity contribution in [1.82, 2.24) is 15.5 Å². The number of rotatable bonds is 12. The molecule has 0 aromatic carbocycles. The number of fused-ring (bicyclic) bond motifs is 1. The van der Waals surface area contributed by atoms with Crippen LogP contribution in [0.5, 0.6) is 0 Å². The molecule has 3 amide bonds. The van der Waals surface area contributed by atoms with E-state index in [9.17, 15) is 29.1 Å². The van der Waals surface area contributed by atoms with E-state index in [1.165, 1.54) is 17.9 Å². The number of hydrogen-bond acceptors (Lipinski definition) is 7. The molecule has 0 bridgehead atoms. The van der Waals surface area contributed by atoms with Gasteiger partial charge in [0.05, 0.1) is 6.04 Å². The standard InChI is InChI=1S/C31H49N3O7/c1-17(2)14-20(36)12-13-22(33-29(40)41-30(4,5)6)28(39)34-16-21-24(31(21,7)8)25(34)27(38)32-23(26(37)18(3)35)15-19-10-9-11-19/h14,19,21-26,37H,9-13,15-16H2,1-8H3,(H,32,38)(H,33,40)/t21?,22-,23?,24?,25-,26?/m0/s1. The highest BCUT2D eigenvalue weighted by atomic mass is 16.6. The lowest BCUT2D eigenvalue weighted by Gasteiger charge is -2.36. The lowest BCUT2D eigenvalue weighted by Crippen LogP contribution is -2.58. The summed E-state index contributed by atoms with van der Waals surface area (Å²) in [6.45, 7) is 14.5. The Morgan fingerprint density at radius 2 is 1.71 bits per heavy atom. The van der Waals surface area contributed by atoms with Crippen molar-refractivity contribution in [2.24, 2.45) is 23.2 Å². The van der Waals surface area contributed by atoms with Crippen LogP contribution in [0.15, 0.2) is 11.6 Å². The van der Waals surface area contributed by atoms with Gasteiger partial charge in [-0.05, 0) is 83.6 Å². The number of amides is 3. The Morgan fingerprint density at radius 3 is 2.22 bits per heavy atom. The molecule has 6 atom stereocenters. The summed E-state index contributed by atoms with van der Waals surface area (Å²) >= 11 is 0. The normalized spacial score (nSPS) is 25.1. The Balaban J connectivity index is 1.83. The van der Waals surface area contributed by atoms with Crippen LogP contribution in [0.2, 0.25) is 0 Å².